The van der Waals surface area contributed by atoms with Gasteiger partial charge in [-0.15, -0.1) is 5.10 Å². The second-order valence-electron chi connectivity index (χ2n) is 4.45. The fourth-order valence-electron chi connectivity index (χ4n) is 1.94. The Morgan fingerprint density at radius 3 is 3.28 bits per heavy atom. The molecule has 0 aliphatic carbocycles. The molecule has 0 bridgehead atoms. The van der Waals surface area contributed by atoms with Gasteiger partial charge in [0, 0.05) is 19.7 Å². The molecule has 100 valence electrons. The highest BCUT2D eigenvalue weighted by Crippen LogP contribution is 2.12. The van der Waals surface area contributed by atoms with Crippen molar-refractivity contribution in [2.75, 3.05) is 26.3 Å². The summed E-state index contributed by atoms with van der Waals surface area (Å²) in [6, 6.07) is 0. The molecular weight excluding hydrogens is 234 g/mol. The van der Waals surface area contributed by atoms with Crippen LogP contribution in [0.25, 0.3) is 0 Å². The molecule has 1 amide bonds. The van der Waals surface area contributed by atoms with Crippen LogP contribution in [0.5, 0.6) is 0 Å². The first kappa shape index (κ1) is 13.0. The van der Waals surface area contributed by atoms with E-state index >= 15 is 0 Å². The van der Waals surface area contributed by atoms with E-state index in [9.17, 15) is 4.79 Å². The monoisotopic (exact) mass is 253 g/mol. The van der Waals surface area contributed by atoms with E-state index in [1.165, 1.54) is 0 Å². The Bertz CT molecular complexity index is 387. The number of aromatic nitrogens is 3. The van der Waals surface area contributed by atoms with E-state index in [1.807, 2.05) is 0 Å². The predicted octanol–water partition coefficient (Wildman–Crippen LogP) is -0.607. The van der Waals surface area contributed by atoms with Gasteiger partial charge in [-0.25, -0.2) is 0 Å². The normalized spacial score (nSPS) is 19.7. The predicted molar refractivity (Wildman–Crippen MR) is 65.0 cm³/mol. The van der Waals surface area contributed by atoms with E-state index in [1.54, 1.807) is 10.9 Å². The van der Waals surface area contributed by atoms with E-state index in [2.05, 4.69) is 15.6 Å². The zero-order chi connectivity index (χ0) is 12.8. The minimum absolute atomic E-state index is 0.191. The third-order valence-corrected chi connectivity index (χ3v) is 2.94. The lowest BCUT2D eigenvalue weighted by Gasteiger charge is -2.21. The van der Waals surface area contributed by atoms with Crippen LogP contribution in [0.2, 0.25) is 0 Å². The summed E-state index contributed by atoms with van der Waals surface area (Å²) in [5.41, 5.74) is 5.73. The van der Waals surface area contributed by atoms with Gasteiger partial charge in [0.25, 0.3) is 5.91 Å². The molecule has 3 N–H and O–H groups in total. The van der Waals surface area contributed by atoms with Gasteiger partial charge in [0.05, 0.1) is 19.3 Å². The molecule has 1 aliphatic heterocycles. The maximum Gasteiger partial charge on any atom is 0.273 e. The summed E-state index contributed by atoms with van der Waals surface area (Å²) >= 11 is 0. The number of nitrogens with one attached hydrogen (secondary N) is 1. The molecule has 2 heterocycles. The average molecular weight is 253 g/mol. The van der Waals surface area contributed by atoms with Crippen molar-refractivity contribution in [2.45, 2.75) is 19.4 Å². The van der Waals surface area contributed by atoms with Crippen molar-refractivity contribution in [1.29, 1.82) is 0 Å². The molecule has 0 aromatic carbocycles. The first-order valence-electron chi connectivity index (χ1n) is 6.25. The van der Waals surface area contributed by atoms with Crippen molar-refractivity contribution in [3.63, 3.8) is 0 Å². The second kappa shape index (κ2) is 6.46. The molecule has 0 saturated carbocycles. The molecular formula is C11H19N5O2. The minimum Gasteiger partial charge on any atom is -0.381 e. The number of hydrogen-bond acceptors (Lipinski definition) is 5. The van der Waals surface area contributed by atoms with Crippen LogP contribution in [0.1, 0.15) is 23.3 Å². The number of hydrogen-bond donors (Lipinski definition) is 2. The summed E-state index contributed by atoms with van der Waals surface area (Å²) in [4.78, 5) is 11.8. The number of carbonyl (C=O) groups is 1. The molecule has 1 aromatic rings. The fraction of sp³-hybridized carbons (Fsp3) is 0.727. The number of nitrogens with zero attached hydrogens (tertiary/aromatic N) is 3. The Morgan fingerprint density at radius 1 is 1.67 bits per heavy atom. The van der Waals surface area contributed by atoms with Crippen molar-refractivity contribution in [3.8, 4) is 0 Å². The third kappa shape index (κ3) is 3.51. The van der Waals surface area contributed by atoms with Gasteiger partial charge in [0.2, 0.25) is 0 Å². The molecule has 7 nitrogen and oxygen atoms in total. The van der Waals surface area contributed by atoms with Crippen LogP contribution < -0.4 is 11.1 Å². The van der Waals surface area contributed by atoms with Crippen LogP contribution in [-0.2, 0) is 11.3 Å². The Balaban J connectivity index is 1.79. The molecule has 18 heavy (non-hydrogen) atoms. The molecule has 7 heteroatoms. The number of ether oxygens (including phenoxy) is 1. The number of amides is 1. The lowest BCUT2D eigenvalue weighted by Crippen LogP contribution is -2.33. The molecule has 1 saturated heterocycles. The zero-order valence-corrected chi connectivity index (χ0v) is 10.3. The standard InChI is InChI=1S/C11H19N5O2/c12-3-4-16-7-10(14-15-16)11(17)13-6-9-2-1-5-18-8-9/h7,9H,1-6,8,12H2,(H,13,17). The smallest absolute Gasteiger partial charge is 0.273 e. The fourth-order valence-corrected chi connectivity index (χ4v) is 1.94. The summed E-state index contributed by atoms with van der Waals surface area (Å²) < 4.78 is 6.93. The van der Waals surface area contributed by atoms with Crippen molar-refractivity contribution >= 4 is 5.91 Å². The van der Waals surface area contributed by atoms with Crippen LogP contribution in [0.15, 0.2) is 6.20 Å². The van der Waals surface area contributed by atoms with Gasteiger partial charge < -0.3 is 15.8 Å². The Labute approximate surface area is 106 Å². The van der Waals surface area contributed by atoms with Gasteiger partial charge in [-0.1, -0.05) is 5.21 Å². The highest BCUT2D eigenvalue weighted by molar-refractivity contribution is 5.91. The van der Waals surface area contributed by atoms with Crippen molar-refractivity contribution in [3.05, 3.63) is 11.9 Å². The summed E-state index contributed by atoms with van der Waals surface area (Å²) in [6.45, 7) is 3.22. The van der Waals surface area contributed by atoms with Gasteiger partial charge in [-0.3, -0.25) is 9.48 Å². The third-order valence-electron chi connectivity index (χ3n) is 2.94. The minimum atomic E-state index is -0.191. The molecule has 1 aromatic heterocycles. The molecule has 1 unspecified atom stereocenters. The molecule has 2 rings (SSSR count). The first-order valence-corrected chi connectivity index (χ1v) is 6.25. The number of carbonyl (C=O) groups excluding carboxylic acids is 1. The van der Waals surface area contributed by atoms with Crippen molar-refractivity contribution in [1.82, 2.24) is 20.3 Å². The summed E-state index contributed by atoms with van der Waals surface area (Å²) in [5.74, 6) is 0.214. The highest BCUT2D eigenvalue weighted by atomic mass is 16.5. The average Bonchev–Trinajstić information content (AvgIpc) is 2.86. The maximum atomic E-state index is 11.8. The van der Waals surface area contributed by atoms with Crippen LogP contribution in [0.3, 0.4) is 0 Å². The molecule has 1 fully saturated rings. The molecule has 1 atom stereocenters. The second-order valence-corrected chi connectivity index (χ2v) is 4.45. The lowest BCUT2D eigenvalue weighted by atomic mass is 10.0. The first-order chi connectivity index (χ1) is 8.79. The van der Waals surface area contributed by atoms with Gasteiger partial charge >= 0.3 is 0 Å². The van der Waals surface area contributed by atoms with Gasteiger partial charge in [0.1, 0.15) is 0 Å². The maximum absolute atomic E-state index is 11.8. The Hall–Kier alpha value is -1.47. The van der Waals surface area contributed by atoms with Crippen molar-refractivity contribution < 1.29 is 9.53 Å². The van der Waals surface area contributed by atoms with Gasteiger partial charge in [-0.2, -0.15) is 0 Å². The number of rotatable bonds is 5. The van der Waals surface area contributed by atoms with Crippen molar-refractivity contribution in [2.24, 2.45) is 11.7 Å². The van der Waals surface area contributed by atoms with E-state index in [0.717, 1.165) is 26.1 Å². The quantitative estimate of drug-likeness (QED) is 0.730. The summed E-state index contributed by atoms with van der Waals surface area (Å²) in [5, 5.41) is 10.5. The Morgan fingerprint density at radius 2 is 2.56 bits per heavy atom. The van der Waals surface area contributed by atoms with Gasteiger partial charge in [0.15, 0.2) is 5.69 Å². The van der Waals surface area contributed by atoms with E-state index < -0.39 is 0 Å². The molecule has 0 spiro atoms. The van der Waals surface area contributed by atoms with E-state index in [4.69, 9.17) is 10.5 Å². The Kier molecular flexibility index (Phi) is 4.66. The van der Waals surface area contributed by atoms with E-state index in [0.29, 0.717) is 31.2 Å². The molecule has 1 aliphatic rings. The lowest BCUT2D eigenvalue weighted by molar-refractivity contribution is 0.0535. The van der Waals surface area contributed by atoms with Crippen LogP contribution in [0, 0.1) is 5.92 Å². The number of nitrogens with two attached hydrogens (primary N) is 1. The molecule has 0 radical (unpaired) electrons. The van der Waals surface area contributed by atoms with Crippen LogP contribution in [-0.4, -0.2) is 47.2 Å². The topological polar surface area (TPSA) is 95.1 Å². The SMILES string of the molecule is NCCn1cc(C(=O)NCC2CCCOC2)nn1. The largest absolute Gasteiger partial charge is 0.381 e. The zero-order valence-electron chi connectivity index (χ0n) is 10.3. The van der Waals surface area contributed by atoms with Crippen LogP contribution in [0.4, 0.5) is 0 Å². The van der Waals surface area contributed by atoms with Crippen LogP contribution >= 0.6 is 0 Å². The van der Waals surface area contributed by atoms with Gasteiger partial charge in [-0.05, 0) is 18.8 Å². The summed E-state index contributed by atoms with van der Waals surface area (Å²) in [6.07, 6.45) is 3.77. The van der Waals surface area contributed by atoms with E-state index in [-0.39, 0.29) is 5.91 Å². The summed E-state index contributed by atoms with van der Waals surface area (Å²) in [7, 11) is 0. The highest BCUT2D eigenvalue weighted by Gasteiger charge is 2.16.